The Morgan fingerprint density at radius 2 is 1.79 bits per heavy atom. The fourth-order valence-corrected chi connectivity index (χ4v) is 9.43. The summed E-state index contributed by atoms with van der Waals surface area (Å²) in [5.74, 6) is 4.87. The van der Waals surface area contributed by atoms with Gasteiger partial charge in [0.15, 0.2) is 0 Å². The zero-order valence-corrected chi connectivity index (χ0v) is 22.8. The van der Waals surface area contributed by atoms with E-state index in [9.17, 15) is 4.79 Å². The second kappa shape index (κ2) is 9.69. The molecule has 0 aromatic carbocycles. The Morgan fingerprint density at radius 3 is 2.45 bits per heavy atom. The van der Waals surface area contributed by atoms with Crippen LogP contribution in [-0.4, -0.2) is 12.1 Å². The van der Waals surface area contributed by atoms with Crippen LogP contribution in [0.3, 0.4) is 0 Å². The minimum Gasteiger partial charge on any atom is -0.463 e. The summed E-state index contributed by atoms with van der Waals surface area (Å²) < 4.78 is 5.66. The number of fused-ring (bicyclic) bond motifs is 4. The molecule has 0 radical (unpaired) electrons. The molecule has 0 aliphatic heterocycles. The van der Waals surface area contributed by atoms with E-state index in [-0.39, 0.29) is 12.1 Å². The lowest BCUT2D eigenvalue weighted by atomic mass is 9.48. The standard InChI is InChI=1S/C31H52O2/c1-8-23(20(2)3)10-9-21(4)27-13-14-28-26-12-11-24-19-25(33-22(5)32)15-17-30(24,6)29(26)16-18-31(27,28)7/h20-21,23-25,27,29H,8-19H2,1-7H3/t21-,23-,24?,25-,27?,29?,30-,31+/m0/s1. The second-order valence-electron chi connectivity index (χ2n) is 13.4. The lowest BCUT2D eigenvalue weighted by Gasteiger charge is -2.57. The minimum absolute atomic E-state index is 0.0968. The smallest absolute Gasteiger partial charge is 0.302 e. The zero-order valence-electron chi connectivity index (χ0n) is 22.8. The average molecular weight is 457 g/mol. The Balaban J connectivity index is 1.49. The van der Waals surface area contributed by atoms with Crippen molar-refractivity contribution in [3.63, 3.8) is 0 Å². The van der Waals surface area contributed by atoms with Crippen molar-refractivity contribution < 1.29 is 9.53 Å². The Kier molecular flexibility index (Phi) is 7.43. The summed E-state index contributed by atoms with van der Waals surface area (Å²) in [5, 5.41) is 0. The maximum Gasteiger partial charge on any atom is 0.302 e. The molecule has 3 fully saturated rings. The molecule has 0 aromatic heterocycles. The van der Waals surface area contributed by atoms with Crippen LogP contribution in [0, 0.1) is 46.3 Å². The SMILES string of the molecule is CC[C@@H](CC[C@H](C)C1CCC2=C3CCC4C[C@@H](OC(C)=O)CC[C@]4(C)C3CC[C@@]21C)C(C)C. The van der Waals surface area contributed by atoms with Gasteiger partial charge < -0.3 is 4.74 Å². The van der Waals surface area contributed by atoms with E-state index >= 15 is 0 Å². The number of hydrogen-bond acceptors (Lipinski definition) is 2. The molecular weight excluding hydrogens is 404 g/mol. The molecule has 0 bridgehead atoms. The van der Waals surface area contributed by atoms with Crippen LogP contribution in [0.4, 0.5) is 0 Å². The Labute approximate surface area is 204 Å². The first kappa shape index (κ1) is 25.3. The molecule has 2 nitrogen and oxygen atoms in total. The van der Waals surface area contributed by atoms with E-state index in [1.54, 1.807) is 6.92 Å². The molecule has 0 aromatic rings. The average Bonchev–Trinajstić information content (AvgIpc) is 3.11. The Morgan fingerprint density at radius 1 is 1.03 bits per heavy atom. The molecule has 3 saturated carbocycles. The van der Waals surface area contributed by atoms with Gasteiger partial charge in [0.2, 0.25) is 0 Å². The van der Waals surface area contributed by atoms with Crippen LogP contribution in [0.5, 0.6) is 0 Å². The first-order valence-corrected chi connectivity index (χ1v) is 14.5. The highest BCUT2D eigenvalue weighted by Gasteiger charge is 2.55. The van der Waals surface area contributed by atoms with E-state index in [1.807, 2.05) is 11.1 Å². The van der Waals surface area contributed by atoms with Gasteiger partial charge in [-0.05, 0) is 111 Å². The van der Waals surface area contributed by atoms with Crippen LogP contribution in [0.2, 0.25) is 0 Å². The highest BCUT2D eigenvalue weighted by Crippen LogP contribution is 2.66. The van der Waals surface area contributed by atoms with Crippen molar-refractivity contribution in [2.75, 3.05) is 0 Å². The maximum absolute atomic E-state index is 11.5. The first-order chi connectivity index (χ1) is 15.6. The number of esters is 1. The third kappa shape index (κ3) is 4.58. The zero-order chi connectivity index (χ0) is 24.0. The number of ether oxygens (including phenoxy) is 1. The fraction of sp³-hybridized carbons (Fsp3) is 0.903. The van der Waals surface area contributed by atoms with E-state index in [2.05, 4.69) is 41.5 Å². The Bertz CT molecular complexity index is 750. The summed E-state index contributed by atoms with van der Waals surface area (Å²) in [6.07, 6.45) is 16.0. The molecular formula is C31H52O2. The normalized spacial score (nSPS) is 40.1. The topological polar surface area (TPSA) is 26.3 Å². The lowest BCUT2D eigenvalue weighted by Crippen LogP contribution is -2.48. The van der Waals surface area contributed by atoms with Crippen LogP contribution < -0.4 is 0 Å². The van der Waals surface area contributed by atoms with Gasteiger partial charge in [0, 0.05) is 6.92 Å². The monoisotopic (exact) mass is 456 g/mol. The lowest BCUT2D eigenvalue weighted by molar-refractivity contribution is -0.152. The molecule has 0 N–H and O–H groups in total. The molecule has 188 valence electrons. The van der Waals surface area contributed by atoms with Crippen LogP contribution >= 0.6 is 0 Å². The summed E-state index contributed by atoms with van der Waals surface area (Å²) in [7, 11) is 0. The highest BCUT2D eigenvalue weighted by molar-refractivity contribution is 5.66. The van der Waals surface area contributed by atoms with Gasteiger partial charge in [0.05, 0.1) is 0 Å². The number of carbonyl (C=O) groups is 1. The van der Waals surface area contributed by atoms with Crippen LogP contribution in [-0.2, 0) is 9.53 Å². The predicted molar refractivity (Wildman–Crippen MR) is 138 cm³/mol. The number of carbonyl (C=O) groups excluding carboxylic acids is 1. The van der Waals surface area contributed by atoms with Gasteiger partial charge in [-0.1, -0.05) is 65.5 Å². The molecule has 0 saturated heterocycles. The first-order valence-electron chi connectivity index (χ1n) is 14.5. The van der Waals surface area contributed by atoms with Gasteiger partial charge in [-0.15, -0.1) is 0 Å². The molecule has 0 heterocycles. The number of hydrogen-bond donors (Lipinski definition) is 0. The van der Waals surface area contributed by atoms with Crippen molar-refractivity contribution in [1.29, 1.82) is 0 Å². The van der Waals surface area contributed by atoms with E-state index in [1.165, 1.54) is 64.2 Å². The third-order valence-corrected chi connectivity index (χ3v) is 11.5. The molecule has 4 aliphatic carbocycles. The van der Waals surface area contributed by atoms with E-state index in [0.29, 0.717) is 10.8 Å². The van der Waals surface area contributed by atoms with Crippen LogP contribution in [0.1, 0.15) is 126 Å². The highest BCUT2D eigenvalue weighted by atomic mass is 16.5. The summed E-state index contributed by atoms with van der Waals surface area (Å²) >= 11 is 0. The molecule has 3 unspecified atom stereocenters. The number of allylic oxidation sites excluding steroid dienone is 2. The van der Waals surface area contributed by atoms with Crippen molar-refractivity contribution in [2.24, 2.45) is 46.3 Å². The van der Waals surface area contributed by atoms with E-state index in [4.69, 9.17) is 4.74 Å². The van der Waals surface area contributed by atoms with Gasteiger partial charge in [-0.3, -0.25) is 4.79 Å². The molecule has 4 aliphatic rings. The number of rotatable bonds is 7. The van der Waals surface area contributed by atoms with E-state index in [0.717, 1.165) is 48.3 Å². The van der Waals surface area contributed by atoms with E-state index < -0.39 is 0 Å². The molecule has 33 heavy (non-hydrogen) atoms. The van der Waals surface area contributed by atoms with Crippen molar-refractivity contribution in [1.82, 2.24) is 0 Å². The van der Waals surface area contributed by atoms with Crippen LogP contribution in [0.25, 0.3) is 0 Å². The third-order valence-electron chi connectivity index (χ3n) is 11.5. The fourth-order valence-electron chi connectivity index (χ4n) is 9.43. The van der Waals surface area contributed by atoms with Gasteiger partial charge in [-0.25, -0.2) is 0 Å². The summed E-state index contributed by atoms with van der Waals surface area (Å²) in [5.41, 5.74) is 4.70. The Hall–Kier alpha value is -0.790. The molecule has 8 atom stereocenters. The minimum atomic E-state index is -0.0968. The van der Waals surface area contributed by atoms with Crippen LogP contribution in [0.15, 0.2) is 11.1 Å². The molecule has 0 amide bonds. The summed E-state index contributed by atoms with van der Waals surface area (Å²) in [6.45, 7) is 16.6. The van der Waals surface area contributed by atoms with Crippen molar-refractivity contribution in [3.05, 3.63) is 11.1 Å². The largest absolute Gasteiger partial charge is 0.463 e. The van der Waals surface area contributed by atoms with Crippen molar-refractivity contribution in [2.45, 2.75) is 132 Å². The molecule has 2 heteroatoms. The predicted octanol–water partition coefficient (Wildman–Crippen LogP) is 8.74. The van der Waals surface area contributed by atoms with Crippen molar-refractivity contribution >= 4 is 5.97 Å². The van der Waals surface area contributed by atoms with Gasteiger partial charge in [0.25, 0.3) is 0 Å². The summed E-state index contributed by atoms with van der Waals surface area (Å²) in [4.78, 5) is 11.5. The second-order valence-corrected chi connectivity index (χ2v) is 13.4. The van der Waals surface area contributed by atoms with Gasteiger partial charge in [0.1, 0.15) is 6.10 Å². The summed E-state index contributed by atoms with van der Waals surface area (Å²) in [6, 6.07) is 0. The van der Waals surface area contributed by atoms with Gasteiger partial charge in [-0.2, -0.15) is 0 Å². The van der Waals surface area contributed by atoms with Crippen molar-refractivity contribution in [3.8, 4) is 0 Å². The maximum atomic E-state index is 11.5. The quantitative estimate of drug-likeness (QED) is 0.283. The molecule has 0 spiro atoms. The van der Waals surface area contributed by atoms with Gasteiger partial charge >= 0.3 is 5.97 Å². The molecule has 4 rings (SSSR count).